The zero-order chi connectivity index (χ0) is 13.3. The molecule has 3 rings (SSSR count). The maximum Gasteiger partial charge on any atom is 0.0707 e. The molecular formula is C15H28N2O2. The number of morpholine rings is 1. The van der Waals surface area contributed by atoms with E-state index in [4.69, 9.17) is 9.47 Å². The summed E-state index contributed by atoms with van der Waals surface area (Å²) in [7, 11) is 0. The summed E-state index contributed by atoms with van der Waals surface area (Å²) in [4.78, 5) is 2.54. The van der Waals surface area contributed by atoms with Crippen LogP contribution in [0.15, 0.2) is 0 Å². The van der Waals surface area contributed by atoms with Gasteiger partial charge in [0.05, 0.1) is 25.4 Å². The van der Waals surface area contributed by atoms with Crippen LogP contribution in [-0.2, 0) is 9.47 Å². The molecule has 3 fully saturated rings. The first-order valence-electron chi connectivity index (χ1n) is 7.85. The van der Waals surface area contributed by atoms with Gasteiger partial charge in [0.15, 0.2) is 0 Å². The van der Waals surface area contributed by atoms with E-state index in [1.807, 2.05) is 0 Å². The highest BCUT2D eigenvalue weighted by atomic mass is 16.5. The molecule has 2 unspecified atom stereocenters. The van der Waals surface area contributed by atoms with Gasteiger partial charge in [0, 0.05) is 31.2 Å². The van der Waals surface area contributed by atoms with Crippen molar-refractivity contribution in [1.82, 2.24) is 10.2 Å². The Morgan fingerprint density at radius 2 is 1.95 bits per heavy atom. The lowest BCUT2D eigenvalue weighted by molar-refractivity contribution is -0.0747. The fraction of sp³-hybridized carbons (Fsp3) is 1.00. The molecule has 1 N–H and O–H groups in total. The molecule has 2 saturated heterocycles. The molecule has 0 aromatic heterocycles. The number of hydrogen-bond acceptors (Lipinski definition) is 4. The van der Waals surface area contributed by atoms with Gasteiger partial charge in [0.1, 0.15) is 0 Å². The third kappa shape index (κ3) is 3.69. The molecule has 4 nitrogen and oxygen atoms in total. The first kappa shape index (κ1) is 13.8. The van der Waals surface area contributed by atoms with Crippen molar-refractivity contribution < 1.29 is 9.47 Å². The van der Waals surface area contributed by atoms with Crippen molar-refractivity contribution in [1.29, 1.82) is 0 Å². The molecule has 1 saturated carbocycles. The normalized spacial score (nSPS) is 35.7. The Balaban J connectivity index is 1.42. The summed E-state index contributed by atoms with van der Waals surface area (Å²) < 4.78 is 11.8. The van der Waals surface area contributed by atoms with Gasteiger partial charge in [-0.25, -0.2) is 0 Å². The summed E-state index contributed by atoms with van der Waals surface area (Å²) in [5, 5.41) is 3.58. The Labute approximate surface area is 116 Å². The van der Waals surface area contributed by atoms with Gasteiger partial charge in [-0.3, -0.25) is 4.90 Å². The summed E-state index contributed by atoms with van der Waals surface area (Å²) >= 11 is 0. The van der Waals surface area contributed by atoms with Crippen molar-refractivity contribution in [2.75, 3.05) is 32.8 Å². The largest absolute Gasteiger partial charge is 0.378 e. The van der Waals surface area contributed by atoms with Crippen LogP contribution in [0.2, 0.25) is 0 Å². The van der Waals surface area contributed by atoms with Crippen molar-refractivity contribution in [3.63, 3.8) is 0 Å². The molecule has 3 aliphatic rings. The van der Waals surface area contributed by atoms with E-state index in [1.165, 1.54) is 25.7 Å². The summed E-state index contributed by atoms with van der Waals surface area (Å²) in [6, 6.07) is 0.792. The molecule has 110 valence electrons. The summed E-state index contributed by atoms with van der Waals surface area (Å²) in [6.07, 6.45) is 6.01. The van der Waals surface area contributed by atoms with Gasteiger partial charge in [-0.1, -0.05) is 0 Å². The molecule has 1 aliphatic carbocycles. The van der Waals surface area contributed by atoms with Gasteiger partial charge in [0.2, 0.25) is 0 Å². The van der Waals surface area contributed by atoms with Crippen molar-refractivity contribution in [3.8, 4) is 0 Å². The van der Waals surface area contributed by atoms with E-state index in [9.17, 15) is 0 Å². The van der Waals surface area contributed by atoms with E-state index in [0.717, 1.165) is 38.9 Å². The lowest BCUT2D eigenvalue weighted by Crippen LogP contribution is -2.55. The molecule has 2 aliphatic heterocycles. The Hall–Kier alpha value is -0.160. The molecule has 0 amide bonds. The third-order valence-electron chi connectivity index (χ3n) is 4.65. The highest BCUT2D eigenvalue weighted by Crippen LogP contribution is 2.26. The van der Waals surface area contributed by atoms with Crippen LogP contribution in [0.4, 0.5) is 0 Å². The Morgan fingerprint density at radius 3 is 2.68 bits per heavy atom. The van der Waals surface area contributed by atoms with Crippen LogP contribution in [-0.4, -0.2) is 61.5 Å². The standard InChI is InChI=1S/C15H28N2O2/c1-15(2)11-18-8-7-17(15)10-14-6-5-13(19-14)9-16-12-3-4-12/h12-14,16H,3-11H2,1-2H3. The van der Waals surface area contributed by atoms with Gasteiger partial charge in [-0.05, 0) is 39.5 Å². The fourth-order valence-corrected chi connectivity index (χ4v) is 3.12. The lowest BCUT2D eigenvalue weighted by atomic mass is 10.0. The molecule has 0 spiro atoms. The highest BCUT2D eigenvalue weighted by molar-refractivity contribution is 4.89. The average molecular weight is 268 g/mol. The number of nitrogens with zero attached hydrogens (tertiary/aromatic N) is 1. The minimum Gasteiger partial charge on any atom is -0.378 e. The molecule has 2 atom stereocenters. The molecule has 0 aromatic carbocycles. The second-order valence-electron chi connectivity index (χ2n) is 6.95. The summed E-state index contributed by atoms with van der Waals surface area (Å²) in [5.74, 6) is 0. The van der Waals surface area contributed by atoms with E-state index >= 15 is 0 Å². The van der Waals surface area contributed by atoms with Crippen molar-refractivity contribution in [2.45, 2.75) is 63.3 Å². The molecule has 4 heteroatoms. The lowest BCUT2D eigenvalue weighted by Gasteiger charge is -2.43. The van der Waals surface area contributed by atoms with E-state index in [1.54, 1.807) is 0 Å². The Kier molecular flexibility index (Phi) is 4.13. The highest BCUT2D eigenvalue weighted by Gasteiger charge is 2.35. The van der Waals surface area contributed by atoms with Crippen LogP contribution in [0, 0.1) is 0 Å². The van der Waals surface area contributed by atoms with Gasteiger partial charge >= 0.3 is 0 Å². The predicted molar refractivity (Wildman–Crippen MR) is 75.4 cm³/mol. The van der Waals surface area contributed by atoms with Crippen LogP contribution in [0.3, 0.4) is 0 Å². The van der Waals surface area contributed by atoms with E-state index in [0.29, 0.717) is 12.2 Å². The van der Waals surface area contributed by atoms with Crippen molar-refractivity contribution in [2.24, 2.45) is 0 Å². The fourth-order valence-electron chi connectivity index (χ4n) is 3.12. The zero-order valence-corrected chi connectivity index (χ0v) is 12.4. The summed E-state index contributed by atoms with van der Waals surface area (Å²) in [5.41, 5.74) is 0.159. The summed E-state index contributed by atoms with van der Waals surface area (Å²) in [6.45, 7) is 9.40. The molecule has 19 heavy (non-hydrogen) atoms. The van der Waals surface area contributed by atoms with Crippen LogP contribution < -0.4 is 5.32 Å². The van der Waals surface area contributed by atoms with Crippen molar-refractivity contribution in [3.05, 3.63) is 0 Å². The van der Waals surface area contributed by atoms with E-state index in [2.05, 4.69) is 24.1 Å². The monoisotopic (exact) mass is 268 g/mol. The molecule has 0 bridgehead atoms. The van der Waals surface area contributed by atoms with Crippen LogP contribution in [0.5, 0.6) is 0 Å². The van der Waals surface area contributed by atoms with Crippen LogP contribution in [0.1, 0.15) is 39.5 Å². The first-order chi connectivity index (χ1) is 9.13. The topological polar surface area (TPSA) is 33.7 Å². The smallest absolute Gasteiger partial charge is 0.0707 e. The van der Waals surface area contributed by atoms with Crippen molar-refractivity contribution >= 4 is 0 Å². The minimum atomic E-state index is 0.159. The quantitative estimate of drug-likeness (QED) is 0.817. The SMILES string of the molecule is CC1(C)COCCN1CC1CCC(CNC2CC2)O1. The van der Waals surface area contributed by atoms with Gasteiger partial charge in [0.25, 0.3) is 0 Å². The number of nitrogens with one attached hydrogen (secondary N) is 1. The molecule has 0 aromatic rings. The first-order valence-corrected chi connectivity index (χ1v) is 7.85. The number of hydrogen-bond donors (Lipinski definition) is 1. The molecular weight excluding hydrogens is 240 g/mol. The van der Waals surface area contributed by atoms with Crippen LogP contribution in [0.25, 0.3) is 0 Å². The maximum atomic E-state index is 6.19. The van der Waals surface area contributed by atoms with Gasteiger partial charge in [-0.15, -0.1) is 0 Å². The number of rotatable bonds is 5. The number of ether oxygens (including phenoxy) is 2. The average Bonchev–Trinajstić information content (AvgIpc) is 3.09. The maximum absolute atomic E-state index is 6.19. The second-order valence-corrected chi connectivity index (χ2v) is 6.95. The van der Waals surface area contributed by atoms with Gasteiger partial charge in [-0.2, -0.15) is 0 Å². The third-order valence-corrected chi connectivity index (χ3v) is 4.65. The zero-order valence-electron chi connectivity index (χ0n) is 12.4. The van der Waals surface area contributed by atoms with E-state index < -0.39 is 0 Å². The Morgan fingerprint density at radius 1 is 1.16 bits per heavy atom. The predicted octanol–water partition coefficient (Wildman–Crippen LogP) is 1.40. The van der Waals surface area contributed by atoms with Crippen LogP contribution >= 0.6 is 0 Å². The Bertz CT molecular complexity index is 305. The molecule has 0 radical (unpaired) electrons. The second kappa shape index (κ2) is 5.68. The minimum absolute atomic E-state index is 0.159. The molecule has 2 heterocycles. The van der Waals surface area contributed by atoms with Gasteiger partial charge < -0.3 is 14.8 Å². The van der Waals surface area contributed by atoms with E-state index in [-0.39, 0.29) is 5.54 Å².